The zero-order valence-electron chi connectivity index (χ0n) is 16.0. The summed E-state index contributed by atoms with van der Waals surface area (Å²) in [5, 5.41) is 4.59. The number of ether oxygens (including phenoxy) is 1. The lowest BCUT2D eigenvalue weighted by Crippen LogP contribution is -2.39. The highest BCUT2D eigenvalue weighted by atomic mass is 127. The molecule has 144 valence electrons. The van der Waals surface area contributed by atoms with Crippen LogP contribution in [0.25, 0.3) is 0 Å². The third-order valence-electron chi connectivity index (χ3n) is 3.80. The summed E-state index contributed by atoms with van der Waals surface area (Å²) < 4.78 is 5.48. The fourth-order valence-electron chi connectivity index (χ4n) is 2.50. The van der Waals surface area contributed by atoms with Crippen molar-refractivity contribution in [3.63, 3.8) is 0 Å². The fraction of sp³-hybridized carbons (Fsp3) is 0.474. The number of guanidine groups is 1. The lowest BCUT2D eigenvalue weighted by atomic mass is 10.2. The van der Waals surface area contributed by atoms with Crippen LogP contribution in [0.5, 0.6) is 5.75 Å². The molecule has 0 atom stereocenters. The van der Waals surface area contributed by atoms with Crippen LogP contribution in [0, 0.1) is 0 Å². The van der Waals surface area contributed by atoms with Gasteiger partial charge in [0.15, 0.2) is 5.96 Å². The molecule has 5 nitrogen and oxygen atoms in total. The lowest BCUT2D eigenvalue weighted by Gasteiger charge is -2.22. The van der Waals surface area contributed by atoms with Crippen LogP contribution >= 0.6 is 35.3 Å². The second-order valence-corrected chi connectivity index (χ2v) is 6.93. The monoisotopic (exact) mass is 488 g/mol. The highest BCUT2D eigenvalue weighted by Gasteiger charge is 2.07. The molecule has 1 heterocycles. The number of hydrogen-bond acceptors (Lipinski definition) is 4. The number of halogens is 1. The number of aliphatic imine (C=N–C) groups is 1. The smallest absolute Gasteiger partial charge is 0.193 e. The first kappa shape index (κ1) is 22.7. The van der Waals surface area contributed by atoms with Gasteiger partial charge in [0.1, 0.15) is 5.75 Å². The number of aromatic nitrogens is 1. The molecule has 0 bridgehead atoms. The van der Waals surface area contributed by atoms with E-state index in [-0.39, 0.29) is 24.0 Å². The van der Waals surface area contributed by atoms with Crippen LogP contribution < -0.4 is 10.1 Å². The van der Waals surface area contributed by atoms with Gasteiger partial charge in [0.2, 0.25) is 0 Å². The minimum Gasteiger partial charge on any atom is -0.494 e. The van der Waals surface area contributed by atoms with E-state index >= 15 is 0 Å². The Morgan fingerprint density at radius 1 is 1.27 bits per heavy atom. The predicted octanol–water partition coefficient (Wildman–Crippen LogP) is 3.97. The van der Waals surface area contributed by atoms with E-state index in [4.69, 9.17) is 4.74 Å². The van der Waals surface area contributed by atoms with E-state index in [1.54, 1.807) is 11.3 Å². The molecule has 2 aromatic rings. The highest BCUT2D eigenvalue weighted by Crippen LogP contribution is 2.14. The van der Waals surface area contributed by atoms with Crippen molar-refractivity contribution in [3.8, 4) is 5.75 Å². The number of rotatable bonds is 8. The van der Waals surface area contributed by atoms with Crippen molar-refractivity contribution in [2.45, 2.75) is 33.2 Å². The Kier molecular flexibility index (Phi) is 10.6. The Bertz CT molecular complexity index is 672. The predicted molar refractivity (Wildman–Crippen MR) is 121 cm³/mol. The van der Waals surface area contributed by atoms with Gasteiger partial charge in [-0.05, 0) is 31.0 Å². The summed E-state index contributed by atoms with van der Waals surface area (Å²) >= 11 is 1.79. The Balaban J connectivity index is 0.00000338. The molecule has 0 saturated heterocycles. The van der Waals surface area contributed by atoms with Gasteiger partial charge >= 0.3 is 0 Å². The normalized spacial score (nSPS) is 11.0. The summed E-state index contributed by atoms with van der Waals surface area (Å²) in [5.74, 6) is 1.80. The van der Waals surface area contributed by atoms with Crippen LogP contribution in [0.2, 0.25) is 0 Å². The summed E-state index contributed by atoms with van der Waals surface area (Å²) in [7, 11) is 3.86. The largest absolute Gasteiger partial charge is 0.494 e. The van der Waals surface area contributed by atoms with Gasteiger partial charge in [-0.2, -0.15) is 0 Å². The number of nitrogens with one attached hydrogen (secondary N) is 1. The summed E-state index contributed by atoms with van der Waals surface area (Å²) in [6, 6.07) is 8.21. The SMILES string of the molecule is CCOc1ccc(CN(C)C(=NC)NCCc2ncc(CC)s2)cc1.I. The van der Waals surface area contributed by atoms with E-state index in [1.165, 1.54) is 15.4 Å². The summed E-state index contributed by atoms with van der Waals surface area (Å²) in [6.07, 6.45) is 3.95. The molecule has 0 unspecified atom stereocenters. The quantitative estimate of drug-likeness (QED) is 0.347. The number of benzene rings is 1. The van der Waals surface area contributed by atoms with E-state index in [0.29, 0.717) is 6.61 Å². The fourth-order valence-corrected chi connectivity index (χ4v) is 3.36. The maximum absolute atomic E-state index is 5.48. The zero-order valence-corrected chi connectivity index (χ0v) is 19.1. The van der Waals surface area contributed by atoms with Crippen molar-refractivity contribution >= 4 is 41.3 Å². The molecule has 0 fully saturated rings. The van der Waals surface area contributed by atoms with Crippen LogP contribution in [-0.4, -0.2) is 43.1 Å². The standard InChI is InChI=1S/C19H28N4OS.HI/c1-5-17-13-22-18(25-17)11-12-21-19(20-3)23(4)14-15-7-9-16(10-8-15)24-6-2;/h7-10,13H,5-6,11-12,14H2,1-4H3,(H,20,21);1H. The molecule has 7 heteroatoms. The molecule has 2 rings (SSSR count). The van der Waals surface area contributed by atoms with Crippen molar-refractivity contribution in [2.75, 3.05) is 27.2 Å². The average molecular weight is 488 g/mol. The highest BCUT2D eigenvalue weighted by molar-refractivity contribution is 14.0. The van der Waals surface area contributed by atoms with E-state index < -0.39 is 0 Å². The van der Waals surface area contributed by atoms with Gasteiger partial charge in [-0.25, -0.2) is 4.98 Å². The van der Waals surface area contributed by atoms with E-state index in [1.807, 2.05) is 39.3 Å². The van der Waals surface area contributed by atoms with Crippen LogP contribution in [0.15, 0.2) is 35.5 Å². The topological polar surface area (TPSA) is 49.8 Å². The van der Waals surface area contributed by atoms with Gasteiger partial charge in [0.05, 0.1) is 11.6 Å². The number of aryl methyl sites for hydroxylation is 1. The van der Waals surface area contributed by atoms with Crippen LogP contribution in [0.4, 0.5) is 0 Å². The second kappa shape index (κ2) is 12.1. The third kappa shape index (κ3) is 7.11. The van der Waals surface area contributed by atoms with Gasteiger partial charge in [-0.1, -0.05) is 19.1 Å². The Labute approximate surface area is 177 Å². The van der Waals surface area contributed by atoms with Gasteiger partial charge < -0.3 is 15.0 Å². The second-order valence-electron chi connectivity index (χ2n) is 5.73. The van der Waals surface area contributed by atoms with Crippen LogP contribution in [-0.2, 0) is 19.4 Å². The molecular formula is C19H29IN4OS. The summed E-state index contributed by atoms with van der Waals surface area (Å²) in [4.78, 5) is 12.3. The Morgan fingerprint density at radius 3 is 2.58 bits per heavy atom. The van der Waals surface area contributed by atoms with E-state index in [9.17, 15) is 0 Å². The van der Waals surface area contributed by atoms with Gasteiger partial charge in [0, 0.05) is 44.7 Å². The minimum atomic E-state index is 0. The lowest BCUT2D eigenvalue weighted by molar-refractivity contribution is 0.340. The number of hydrogen-bond donors (Lipinski definition) is 1. The minimum absolute atomic E-state index is 0. The Morgan fingerprint density at radius 2 is 2.00 bits per heavy atom. The van der Waals surface area contributed by atoms with Crippen molar-refractivity contribution in [3.05, 3.63) is 45.9 Å². The molecule has 1 N–H and O–H groups in total. The van der Waals surface area contributed by atoms with Gasteiger partial charge in [0.25, 0.3) is 0 Å². The van der Waals surface area contributed by atoms with Crippen LogP contribution in [0.1, 0.15) is 29.3 Å². The molecule has 0 aliphatic heterocycles. The van der Waals surface area contributed by atoms with Crippen molar-refractivity contribution in [1.29, 1.82) is 0 Å². The van der Waals surface area contributed by atoms with E-state index in [0.717, 1.165) is 37.6 Å². The molecule has 26 heavy (non-hydrogen) atoms. The summed E-state index contributed by atoms with van der Waals surface area (Å²) in [5.41, 5.74) is 1.22. The third-order valence-corrected chi connectivity index (χ3v) is 5.00. The zero-order chi connectivity index (χ0) is 18.1. The maximum atomic E-state index is 5.48. The molecule has 0 saturated carbocycles. The molecule has 0 amide bonds. The molecule has 0 radical (unpaired) electrons. The van der Waals surface area contributed by atoms with E-state index in [2.05, 4.69) is 39.2 Å². The first-order valence-corrected chi connectivity index (χ1v) is 9.55. The molecule has 0 aliphatic carbocycles. The maximum Gasteiger partial charge on any atom is 0.193 e. The summed E-state index contributed by atoms with van der Waals surface area (Å²) in [6.45, 7) is 6.47. The average Bonchev–Trinajstić information content (AvgIpc) is 3.08. The first-order valence-electron chi connectivity index (χ1n) is 8.73. The van der Waals surface area contributed by atoms with Gasteiger partial charge in [-0.15, -0.1) is 35.3 Å². The van der Waals surface area contributed by atoms with Crippen molar-refractivity contribution in [2.24, 2.45) is 4.99 Å². The Hall–Kier alpha value is -1.35. The van der Waals surface area contributed by atoms with Crippen LogP contribution in [0.3, 0.4) is 0 Å². The number of nitrogens with zero attached hydrogens (tertiary/aromatic N) is 3. The molecule has 1 aromatic carbocycles. The molecule has 0 aliphatic rings. The number of thiazole rings is 1. The molecular weight excluding hydrogens is 459 g/mol. The van der Waals surface area contributed by atoms with Crippen molar-refractivity contribution < 1.29 is 4.74 Å². The molecule has 0 spiro atoms. The first-order chi connectivity index (χ1) is 12.2. The molecule has 1 aromatic heterocycles. The van der Waals surface area contributed by atoms with Crippen molar-refractivity contribution in [1.82, 2.24) is 15.2 Å². The van der Waals surface area contributed by atoms with Gasteiger partial charge in [-0.3, -0.25) is 4.99 Å².